The van der Waals surface area contributed by atoms with Crippen LogP contribution in [0.25, 0.3) is 77.0 Å². The molecular formula is C50H40N2. The number of hydrogen-bond acceptors (Lipinski definition) is 1. The molecule has 0 N–H and O–H groups in total. The quantitative estimate of drug-likeness (QED) is 0.161. The Labute approximate surface area is 305 Å². The van der Waals surface area contributed by atoms with Gasteiger partial charge >= 0.3 is 0 Å². The number of benzene rings is 6. The number of aryl methyl sites for hydroxylation is 1. The molecule has 1 aliphatic carbocycles. The number of rotatable bonds is 6. The summed E-state index contributed by atoms with van der Waals surface area (Å²) in [6.07, 6.45) is 16.9. The van der Waals surface area contributed by atoms with Crippen molar-refractivity contribution in [1.29, 1.82) is 0 Å². The largest absolute Gasteiger partial charge is 0.304 e. The van der Waals surface area contributed by atoms with Crippen molar-refractivity contribution < 1.29 is 0 Å². The normalized spacial score (nSPS) is 15.5. The average molecular weight is 669 g/mol. The van der Waals surface area contributed by atoms with E-state index in [0.29, 0.717) is 5.92 Å². The summed E-state index contributed by atoms with van der Waals surface area (Å²) in [5.74, 6) is 0.403. The molecule has 2 heterocycles. The zero-order valence-corrected chi connectivity index (χ0v) is 29.8. The van der Waals surface area contributed by atoms with Crippen LogP contribution in [0.1, 0.15) is 31.5 Å². The number of aromatic nitrogens is 2. The van der Waals surface area contributed by atoms with Crippen LogP contribution in [0.4, 0.5) is 0 Å². The molecule has 1 unspecified atom stereocenters. The third-order valence-corrected chi connectivity index (χ3v) is 10.8. The van der Waals surface area contributed by atoms with Crippen LogP contribution in [0.2, 0.25) is 0 Å². The SMILES string of the molecule is C/C=C\C=C1\C=C(c2c3ccccc3c(-c3ccc4ccccc4c3)c3ccc(-c4ccc(-c5nc6ccccn6c5C)cc4)cc23)C=CC1CC. The molecule has 0 radical (unpaired) electrons. The Morgan fingerprint density at radius 3 is 2.13 bits per heavy atom. The van der Waals surface area contributed by atoms with E-state index in [2.05, 4.69) is 189 Å². The maximum atomic E-state index is 4.95. The van der Waals surface area contributed by atoms with Crippen LogP contribution in [0.15, 0.2) is 176 Å². The first kappa shape index (κ1) is 31.7. The smallest absolute Gasteiger partial charge is 0.137 e. The predicted octanol–water partition coefficient (Wildman–Crippen LogP) is 13.6. The van der Waals surface area contributed by atoms with Crippen molar-refractivity contribution in [3.05, 3.63) is 187 Å². The fourth-order valence-corrected chi connectivity index (χ4v) is 8.11. The minimum Gasteiger partial charge on any atom is -0.304 e. The zero-order valence-electron chi connectivity index (χ0n) is 29.8. The Morgan fingerprint density at radius 2 is 1.35 bits per heavy atom. The molecule has 0 saturated carbocycles. The van der Waals surface area contributed by atoms with Crippen LogP contribution in [0.3, 0.4) is 0 Å². The number of hydrogen-bond donors (Lipinski definition) is 0. The summed E-state index contributed by atoms with van der Waals surface area (Å²) in [4.78, 5) is 4.95. The average Bonchev–Trinajstić information content (AvgIpc) is 3.54. The van der Waals surface area contributed by atoms with Crippen molar-refractivity contribution in [2.24, 2.45) is 5.92 Å². The molecule has 0 aliphatic heterocycles. The van der Waals surface area contributed by atoms with E-state index in [1.807, 2.05) is 6.07 Å². The van der Waals surface area contributed by atoms with Crippen molar-refractivity contribution >= 4 is 43.5 Å². The summed E-state index contributed by atoms with van der Waals surface area (Å²) < 4.78 is 2.15. The molecule has 0 spiro atoms. The molecule has 0 saturated heterocycles. The van der Waals surface area contributed by atoms with Crippen LogP contribution in [0, 0.1) is 12.8 Å². The zero-order chi connectivity index (χ0) is 35.2. The van der Waals surface area contributed by atoms with Gasteiger partial charge in [-0.15, -0.1) is 0 Å². The Balaban J connectivity index is 1.27. The molecule has 8 aromatic rings. The highest BCUT2D eigenvalue weighted by atomic mass is 15.0. The summed E-state index contributed by atoms with van der Waals surface area (Å²) in [7, 11) is 0. The number of nitrogens with zero attached hydrogens (tertiary/aromatic N) is 2. The Hall–Kier alpha value is -6.25. The molecule has 250 valence electrons. The lowest BCUT2D eigenvalue weighted by atomic mass is 9.81. The van der Waals surface area contributed by atoms with Gasteiger partial charge in [-0.2, -0.15) is 0 Å². The fraction of sp³-hybridized carbons (Fsp3) is 0.100. The van der Waals surface area contributed by atoms with Gasteiger partial charge < -0.3 is 4.40 Å². The van der Waals surface area contributed by atoms with Crippen LogP contribution < -0.4 is 0 Å². The van der Waals surface area contributed by atoms with E-state index in [9.17, 15) is 0 Å². The number of fused-ring (bicyclic) bond motifs is 4. The maximum absolute atomic E-state index is 4.95. The van der Waals surface area contributed by atoms with Crippen LogP contribution in [-0.2, 0) is 0 Å². The van der Waals surface area contributed by atoms with Gasteiger partial charge in [-0.1, -0.05) is 147 Å². The van der Waals surface area contributed by atoms with Crippen LogP contribution in [0.5, 0.6) is 0 Å². The highest BCUT2D eigenvalue weighted by Crippen LogP contribution is 2.45. The molecule has 2 aromatic heterocycles. The van der Waals surface area contributed by atoms with Crippen molar-refractivity contribution in [2.45, 2.75) is 27.2 Å². The van der Waals surface area contributed by atoms with Crippen molar-refractivity contribution in [3.63, 3.8) is 0 Å². The summed E-state index contributed by atoms with van der Waals surface area (Å²) in [5.41, 5.74) is 13.0. The first-order valence-corrected chi connectivity index (χ1v) is 18.4. The highest BCUT2D eigenvalue weighted by Gasteiger charge is 2.21. The topological polar surface area (TPSA) is 17.3 Å². The summed E-state index contributed by atoms with van der Waals surface area (Å²) in [6.45, 7) is 6.50. The Bertz CT molecular complexity index is 2790. The lowest BCUT2D eigenvalue weighted by Crippen LogP contribution is -2.03. The van der Waals surface area contributed by atoms with Crippen LogP contribution in [-0.4, -0.2) is 9.38 Å². The second-order valence-electron chi connectivity index (χ2n) is 13.8. The summed E-state index contributed by atoms with van der Waals surface area (Å²) in [5, 5.41) is 7.56. The molecule has 2 heteroatoms. The van der Waals surface area contributed by atoms with E-state index < -0.39 is 0 Å². The lowest BCUT2D eigenvalue weighted by Gasteiger charge is -2.23. The molecule has 1 atom stereocenters. The van der Waals surface area contributed by atoms with Gasteiger partial charge in [0.15, 0.2) is 0 Å². The lowest BCUT2D eigenvalue weighted by molar-refractivity contribution is 0.741. The van der Waals surface area contributed by atoms with E-state index in [-0.39, 0.29) is 0 Å². The van der Waals surface area contributed by atoms with Gasteiger partial charge in [0.1, 0.15) is 5.65 Å². The molecule has 2 nitrogen and oxygen atoms in total. The second kappa shape index (κ2) is 13.1. The minimum atomic E-state index is 0.403. The molecule has 52 heavy (non-hydrogen) atoms. The molecule has 1 aliphatic rings. The van der Waals surface area contributed by atoms with E-state index in [4.69, 9.17) is 4.98 Å². The molecule has 0 bridgehead atoms. The summed E-state index contributed by atoms with van der Waals surface area (Å²) in [6, 6.07) is 46.7. The highest BCUT2D eigenvalue weighted by molar-refractivity contribution is 6.20. The van der Waals surface area contributed by atoms with Crippen LogP contribution >= 0.6 is 0 Å². The van der Waals surface area contributed by atoms with Gasteiger partial charge in [0.2, 0.25) is 0 Å². The molecule has 9 rings (SSSR count). The molecule has 0 fully saturated rings. The van der Waals surface area contributed by atoms with Gasteiger partial charge in [-0.05, 0) is 116 Å². The first-order valence-electron chi connectivity index (χ1n) is 18.4. The molecular weight excluding hydrogens is 629 g/mol. The number of pyridine rings is 1. The Kier molecular flexibility index (Phi) is 8.01. The third kappa shape index (κ3) is 5.39. The number of allylic oxidation sites excluding steroid dienone is 8. The first-order chi connectivity index (χ1) is 25.6. The monoisotopic (exact) mass is 668 g/mol. The molecule has 0 amide bonds. The van der Waals surface area contributed by atoms with Gasteiger partial charge in [0, 0.05) is 23.4 Å². The van der Waals surface area contributed by atoms with E-state index in [0.717, 1.165) is 29.0 Å². The fourth-order valence-electron chi connectivity index (χ4n) is 8.11. The Morgan fingerprint density at radius 1 is 0.654 bits per heavy atom. The maximum Gasteiger partial charge on any atom is 0.137 e. The van der Waals surface area contributed by atoms with E-state index in [1.54, 1.807) is 0 Å². The minimum absolute atomic E-state index is 0.403. The van der Waals surface area contributed by atoms with E-state index in [1.165, 1.54) is 71.3 Å². The van der Waals surface area contributed by atoms with Gasteiger partial charge in [0.05, 0.1) is 5.69 Å². The summed E-state index contributed by atoms with van der Waals surface area (Å²) >= 11 is 0. The van der Waals surface area contributed by atoms with Crippen molar-refractivity contribution in [2.75, 3.05) is 0 Å². The third-order valence-electron chi connectivity index (χ3n) is 10.8. The van der Waals surface area contributed by atoms with Gasteiger partial charge in [0.25, 0.3) is 0 Å². The number of imidazole rings is 1. The van der Waals surface area contributed by atoms with Gasteiger partial charge in [-0.3, -0.25) is 0 Å². The van der Waals surface area contributed by atoms with Gasteiger partial charge in [-0.25, -0.2) is 4.98 Å². The van der Waals surface area contributed by atoms with Crippen molar-refractivity contribution in [3.8, 4) is 33.5 Å². The van der Waals surface area contributed by atoms with E-state index >= 15 is 0 Å². The molecule has 6 aromatic carbocycles. The van der Waals surface area contributed by atoms with Crippen molar-refractivity contribution in [1.82, 2.24) is 9.38 Å². The second-order valence-corrected chi connectivity index (χ2v) is 13.8. The predicted molar refractivity (Wildman–Crippen MR) is 223 cm³/mol. The standard InChI is InChI=1S/C50H40N2/c1-4-6-13-38-30-42(25-19-34(38)5-2)49-44-17-10-9-16-43(44)48(41-26-22-35-14-7-8-15-39(35)31-41)45-28-27-40(32-46(45)49)36-20-23-37(24-21-36)50-33(3)52-29-12-11-18-47(52)51-50/h4,6-32,34H,5H2,1-3H3/b6-4-,38-13-.